The Hall–Kier alpha value is -1.91. The molecule has 2 aromatic rings. The fourth-order valence-corrected chi connectivity index (χ4v) is 2.12. The van der Waals surface area contributed by atoms with Crippen LogP contribution in [-0.2, 0) is 5.41 Å². The van der Waals surface area contributed by atoms with Crippen LogP contribution in [0.15, 0.2) is 4.42 Å². The van der Waals surface area contributed by atoms with E-state index in [1.807, 2.05) is 13.8 Å². The highest BCUT2D eigenvalue weighted by Crippen LogP contribution is 2.47. The van der Waals surface area contributed by atoms with Crippen molar-refractivity contribution >= 4 is 6.29 Å². The quantitative estimate of drug-likeness (QED) is 0.843. The Balaban J connectivity index is 2.05. The summed E-state index contributed by atoms with van der Waals surface area (Å²) >= 11 is 0. The van der Waals surface area contributed by atoms with Gasteiger partial charge in [0.2, 0.25) is 5.89 Å². The third-order valence-electron chi connectivity index (χ3n) is 3.77. The van der Waals surface area contributed by atoms with Gasteiger partial charge in [-0.05, 0) is 32.3 Å². The van der Waals surface area contributed by atoms with E-state index in [2.05, 4.69) is 22.1 Å². The zero-order valence-corrected chi connectivity index (χ0v) is 10.7. The van der Waals surface area contributed by atoms with Crippen LogP contribution < -0.4 is 0 Å². The molecule has 0 atom stereocenters. The van der Waals surface area contributed by atoms with E-state index in [1.54, 1.807) is 0 Å². The van der Waals surface area contributed by atoms with Crippen molar-refractivity contribution < 1.29 is 9.21 Å². The maximum atomic E-state index is 11.0. The molecule has 1 saturated carbocycles. The number of hydrogen-bond donors (Lipinski definition) is 1. The largest absolute Gasteiger partial charge is 0.419 e. The van der Waals surface area contributed by atoms with Gasteiger partial charge in [-0.25, -0.2) is 0 Å². The van der Waals surface area contributed by atoms with E-state index < -0.39 is 0 Å². The molecule has 1 aliphatic rings. The van der Waals surface area contributed by atoms with Crippen LogP contribution in [0.2, 0.25) is 0 Å². The Bertz CT molecular complexity index is 620. The number of carbonyl (C=O) groups is 1. The first-order chi connectivity index (χ1) is 8.55. The van der Waals surface area contributed by atoms with Crippen molar-refractivity contribution in [2.75, 3.05) is 0 Å². The molecule has 0 radical (unpaired) electrons. The SMILES string of the molecule is Cc1[nH]c(-c2nnc(C3(C)CC3)o2)c(C)c1C=O. The third-order valence-corrected chi connectivity index (χ3v) is 3.77. The van der Waals surface area contributed by atoms with Gasteiger partial charge in [0.1, 0.15) is 5.69 Å². The highest BCUT2D eigenvalue weighted by Gasteiger charge is 2.44. The summed E-state index contributed by atoms with van der Waals surface area (Å²) in [6.45, 7) is 5.86. The number of aromatic nitrogens is 3. The number of aryl methyl sites for hydroxylation is 1. The van der Waals surface area contributed by atoms with Gasteiger partial charge in [0, 0.05) is 16.7 Å². The minimum Gasteiger partial charge on any atom is -0.419 e. The average Bonchev–Trinajstić information content (AvgIpc) is 2.81. The van der Waals surface area contributed by atoms with Gasteiger partial charge < -0.3 is 9.40 Å². The molecule has 94 valence electrons. The van der Waals surface area contributed by atoms with Crippen LogP contribution in [-0.4, -0.2) is 21.5 Å². The lowest BCUT2D eigenvalue weighted by molar-refractivity contribution is 0.112. The molecule has 2 aromatic heterocycles. The number of rotatable bonds is 3. The van der Waals surface area contributed by atoms with Gasteiger partial charge in [-0.3, -0.25) is 4.79 Å². The Kier molecular flexibility index (Phi) is 2.20. The Morgan fingerprint density at radius 2 is 2.06 bits per heavy atom. The molecule has 0 amide bonds. The van der Waals surface area contributed by atoms with Crippen molar-refractivity contribution in [1.29, 1.82) is 0 Å². The van der Waals surface area contributed by atoms with Gasteiger partial charge in [0.05, 0.1) is 0 Å². The molecule has 1 fully saturated rings. The van der Waals surface area contributed by atoms with Crippen molar-refractivity contribution in [3.8, 4) is 11.6 Å². The summed E-state index contributed by atoms with van der Waals surface area (Å²) in [7, 11) is 0. The number of carbonyl (C=O) groups excluding carboxylic acids is 1. The summed E-state index contributed by atoms with van der Waals surface area (Å²) in [4.78, 5) is 14.1. The molecule has 1 aliphatic carbocycles. The van der Waals surface area contributed by atoms with Gasteiger partial charge in [0.15, 0.2) is 6.29 Å². The van der Waals surface area contributed by atoms with Crippen LogP contribution >= 0.6 is 0 Å². The van der Waals surface area contributed by atoms with Crippen LogP contribution in [0.5, 0.6) is 0 Å². The Labute approximate surface area is 105 Å². The predicted molar refractivity (Wildman–Crippen MR) is 65.5 cm³/mol. The second-order valence-electron chi connectivity index (χ2n) is 5.25. The zero-order chi connectivity index (χ0) is 12.9. The number of aromatic amines is 1. The van der Waals surface area contributed by atoms with E-state index in [0.29, 0.717) is 17.3 Å². The minimum absolute atomic E-state index is 0.0638. The smallest absolute Gasteiger partial charge is 0.264 e. The molecular weight excluding hydrogens is 230 g/mol. The molecule has 0 saturated heterocycles. The molecule has 2 heterocycles. The molecule has 1 N–H and O–H groups in total. The van der Waals surface area contributed by atoms with Gasteiger partial charge in [-0.15, -0.1) is 10.2 Å². The molecule has 5 nitrogen and oxygen atoms in total. The van der Waals surface area contributed by atoms with E-state index in [9.17, 15) is 4.79 Å². The molecule has 3 rings (SSSR count). The third kappa shape index (κ3) is 1.50. The van der Waals surface area contributed by atoms with E-state index in [0.717, 1.165) is 36.1 Å². The number of nitrogens with zero attached hydrogens (tertiary/aromatic N) is 2. The van der Waals surface area contributed by atoms with Gasteiger partial charge in [0.25, 0.3) is 5.89 Å². The summed E-state index contributed by atoms with van der Waals surface area (Å²) < 4.78 is 5.72. The fraction of sp³-hybridized carbons (Fsp3) is 0.462. The van der Waals surface area contributed by atoms with Crippen LogP contribution in [0.1, 0.15) is 47.3 Å². The maximum Gasteiger partial charge on any atom is 0.264 e. The molecule has 0 bridgehead atoms. The molecule has 0 unspecified atom stereocenters. The maximum absolute atomic E-state index is 11.0. The van der Waals surface area contributed by atoms with Crippen molar-refractivity contribution in [2.45, 2.75) is 39.0 Å². The van der Waals surface area contributed by atoms with Crippen LogP contribution in [0.3, 0.4) is 0 Å². The lowest BCUT2D eigenvalue weighted by atomic mass is 10.1. The van der Waals surface area contributed by atoms with Crippen LogP contribution in [0, 0.1) is 13.8 Å². The molecule has 5 heteroatoms. The van der Waals surface area contributed by atoms with Gasteiger partial charge in [-0.1, -0.05) is 6.92 Å². The van der Waals surface area contributed by atoms with E-state index >= 15 is 0 Å². The lowest BCUT2D eigenvalue weighted by Crippen LogP contribution is -1.99. The van der Waals surface area contributed by atoms with Crippen LogP contribution in [0.4, 0.5) is 0 Å². The summed E-state index contributed by atoms with van der Waals surface area (Å²) in [5.74, 6) is 1.16. The summed E-state index contributed by atoms with van der Waals surface area (Å²) in [5.41, 5.74) is 3.17. The highest BCUT2D eigenvalue weighted by atomic mass is 16.4. The molecule has 0 aromatic carbocycles. The summed E-state index contributed by atoms with van der Waals surface area (Å²) in [5, 5.41) is 8.19. The topological polar surface area (TPSA) is 71.8 Å². The first-order valence-corrected chi connectivity index (χ1v) is 6.04. The monoisotopic (exact) mass is 245 g/mol. The molecule has 0 aliphatic heterocycles. The average molecular weight is 245 g/mol. The normalized spacial score (nSPS) is 16.8. The predicted octanol–water partition coefficient (Wildman–Crippen LogP) is 2.55. The van der Waals surface area contributed by atoms with Gasteiger partial charge in [-0.2, -0.15) is 0 Å². The lowest BCUT2D eigenvalue weighted by Gasteiger charge is -1.98. The second-order valence-corrected chi connectivity index (χ2v) is 5.25. The van der Waals surface area contributed by atoms with E-state index in [-0.39, 0.29) is 5.41 Å². The summed E-state index contributed by atoms with van der Waals surface area (Å²) in [6, 6.07) is 0. The second kappa shape index (κ2) is 3.54. The first kappa shape index (κ1) is 11.2. The first-order valence-electron chi connectivity index (χ1n) is 6.04. The Morgan fingerprint density at radius 1 is 1.33 bits per heavy atom. The highest BCUT2D eigenvalue weighted by molar-refractivity contribution is 5.82. The fourth-order valence-electron chi connectivity index (χ4n) is 2.12. The summed E-state index contributed by atoms with van der Waals surface area (Å²) in [6.07, 6.45) is 3.04. The van der Waals surface area contributed by atoms with Gasteiger partial charge >= 0.3 is 0 Å². The van der Waals surface area contributed by atoms with Crippen molar-refractivity contribution in [2.24, 2.45) is 0 Å². The van der Waals surface area contributed by atoms with Crippen LogP contribution in [0.25, 0.3) is 11.6 Å². The number of hydrogen-bond acceptors (Lipinski definition) is 4. The zero-order valence-electron chi connectivity index (χ0n) is 10.7. The molecular formula is C13H15N3O2. The van der Waals surface area contributed by atoms with E-state index in [4.69, 9.17) is 4.42 Å². The molecule has 0 spiro atoms. The van der Waals surface area contributed by atoms with Crippen molar-refractivity contribution in [3.63, 3.8) is 0 Å². The number of aldehydes is 1. The standard InChI is InChI=1S/C13H15N3O2/c1-7-9(6-17)8(2)14-10(7)11-15-16-12(18-11)13(3)4-5-13/h6,14H,4-5H2,1-3H3. The van der Waals surface area contributed by atoms with Crippen molar-refractivity contribution in [3.05, 3.63) is 22.7 Å². The number of nitrogens with one attached hydrogen (secondary N) is 1. The number of H-pyrrole nitrogens is 1. The Morgan fingerprint density at radius 3 is 2.61 bits per heavy atom. The van der Waals surface area contributed by atoms with Crippen molar-refractivity contribution in [1.82, 2.24) is 15.2 Å². The minimum atomic E-state index is 0.0638. The van der Waals surface area contributed by atoms with E-state index in [1.165, 1.54) is 0 Å². The molecule has 18 heavy (non-hydrogen) atoms.